The highest BCUT2D eigenvalue weighted by Crippen LogP contribution is 2.41. The van der Waals surface area contributed by atoms with Gasteiger partial charge < -0.3 is 68.6 Å². The molecule has 0 aliphatic carbocycles. The van der Waals surface area contributed by atoms with Gasteiger partial charge in [0.2, 0.25) is 0 Å². The summed E-state index contributed by atoms with van der Waals surface area (Å²) in [5.41, 5.74) is 25.5. The number of H-pyrrole nitrogens is 9. The molecule has 22 rings (SSSR count). The highest BCUT2D eigenvalue weighted by Gasteiger charge is 2.32. The van der Waals surface area contributed by atoms with Crippen LogP contribution in [-0.4, -0.2) is 91.2 Å². The number of nitrogens with zero attached hydrogens (tertiary/aromatic N) is 2. The lowest BCUT2D eigenvalue weighted by molar-refractivity contribution is -0.142. The Morgan fingerprint density at radius 2 is 0.542 bits per heavy atom. The van der Waals surface area contributed by atoms with E-state index in [0.29, 0.717) is 0 Å². The van der Waals surface area contributed by atoms with Crippen LogP contribution in [-0.2, 0) is 57.2 Å². The van der Waals surface area contributed by atoms with E-state index in [9.17, 15) is 19.5 Å². The van der Waals surface area contributed by atoms with Crippen molar-refractivity contribution in [3.05, 3.63) is 396 Å². The van der Waals surface area contributed by atoms with Gasteiger partial charge in [0.15, 0.2) is 0 Å². The molecule has 11 aromatic heterocycles. The Balaban J connectivity index is 0.000000102. The van der Waals surface area contributed by atoms with Gasteiger partial charge in [0, 0.05) is 221 Å². The molecule has 17 heteroatoms. The summed E-state index contributed by atoms with van der Waals surface area (Å²) in [5.74, 6) is -2.98. The molecule has 0 aliphatic rings. The highest BCUT2D eigenvalue weighted by molar-refractivity contribution is 6.01. The minimum Gasteiger partial charge on any atom is -0.481 e. The molecule has 10 N–H and O–H groups in total. The van der Waals surface area contributed by atoms with Gasteiger partial charge in [-0.15, -0.1) is 0 Å². The second-order valence-corrected chi connectivity index (χ2v) is 29.9. The van der Waals surface area contributed by atoms with Crippen molar-refractivity contribution >= 4 is 138 Å². The number of nitrogens with one attached hydrogen (secondary N) is 9. The van der Waals surface area contributed by atoms with Gasteiger partial charge in [-0.3, -0.25) is 14.4 Å². The van der Waals surface area contributed by atoms with Crippen molar-refractivity contribution in [2.75, 3.05) is 14.2 Å². The van der Waals surface area contributed by atoms with Crippen LogP contribution in [0.3, 0.4) is 0 Å². The fourth-order valence-corrected chi connectivity index (χ4v) is 17.4. The number of methoxy groups -OCH3 is 2. The number of carbonyl (C=O) groups excluding carboxylic acids is 2. The molecule has 0 aliphatic heterocycles. The summed E-state index contributed by atoms with van der Waals surface area (Å²) in [6.45, 7) is 0. The van der Waals surface area contributed by atoms with Crippen molar-refractivity contribution in [3.8, 4) is 0 Å². The van der Waals surface area contributed by atoms with E-state index >= 15 is 0 Å². The van der Waals surface area contributed by atoms with E-state index in [0.717, 1.165) is 118 Å². The van der Waals surface area contributed by atoms with E-state index in [-0.39, 0.29) is 11.9 Å². The first-order valence-electron chi connectivity index (χ1n) is 39.4. The average Bonchev–Trinajstić information content (AvgIpc) is 1.61. The van der Waals surface area contributed by atoms with E-state index in [2.05, 4.69) is 224 Å². The number of benzene rings is 11. The predicted octanol–water partition coefficient (Wildman–Crippen LogP) is 22.3. The van der Waals surface area contributed by atoms with E-state index in [1.165, 1.54) is 102 Å². The number of hydrogen-bond donors (Lipinski definition) is 10. The number of aromatic amines is 9. The second kappa shape index (κ2) is 32.3. The minimum atomic E-state index is -0.852. The van der Waals surface area contributed by atoms with Gasteiger partial charge in [0.1, 0.15) is 17.8 Å². The lowest BCUT2D eigenvalue weighted by Gasteiger charge is -2.14. The SMILES string of the molecule is COC(=O)C(c1c[nH]c2ccccc12)c1c[nH]c2ccccc12.COC(=O)C(c1cn(C)c2ccccc12)c1cn(C)c2ccccc12.O=C(O)C(c1c[nH]c2ccccc12)c1c[nH]c2ccccc12.c1ccc2c(Cc3[nH]c4ccccc4c3Cc3c[nH]c4ccccc34)c[nH]c2c1.c1ccc2c(Cc3c[nH]c4ccccc34)c[nH]c2c1. The summed E-state index contributed by atoms with van der Waals surface area (Å²) in [6.07, 6.45) is 22.7. The van der Waals surface area contributed by atoms with Crippen LogP contribution in [0.5, 0.6) is 0 Å². The van der Waals surface area contributed by atoms with Crippen LogP contribution < -0.4 is 0 Å². The number of aromatic nitrogens is 11. The molecule has 580 valence electrons. The molecule has 0 spiro atoms. The standard InChI is InChI=1S/C26H21N3.C21H20N2O2.C19H16N2O2.C18H14N2O2.C17H14N2/c1-4-10-23-19(7-1)17(15-27-23)13-22-21-9-3-6-12-25(21)29-26(22)14-18-16-28-24-11-5-2-8-20(18)24;1-22-12-16(14-8-4-6-10-18(14)22)20(21(24)25-3)17-13-23(2)19-11-7-5-9-15(17)19;1-23-19(22)18(14-10-20-16-8-4-2-6-12(14)16)15-11-21-17-9-5-3-7-13(15)17;21-18(22)17(13-9-19-15-7-3-1-5-11(13)15)14-10-20-16-8-4-2-6-12(14)16;1-3-7-16-14(5-1)12(10-18-16)9-13-11-19-17-8-4-2-6-15(13)17/h1-12,15-16,27-29H,13-14H2;4-13,20H,1-3H3;2-11,18,20-21H,1H3;1-10,17,19-20H,(H,21,22);1-8,10-11,18-19H,9H2. The van der Waals surface area contributed by atoms with E-state index in [4.69, 9.17) is 9.47 Å². The first-order chi connectivity index (χ1) is 57.9. The number of rotatable bonds is 15. The van der Waals surface area contributed by atoms with Crippen molar-refractivity contribution in [3.63, 3.8) is 0 Å². The third kappa shape index (κ3) is 14.2. The van der Waals surface area contributed by atoms with Crippen LogP contribution in [0, 0.1) is 0 Å². The topological polar surface area (TPSA) is 242 Å². The number of aryl methyl sites for hydroxylation is 2. The van der Waals surface area contributed by atoms with Gasteiger partial charge in [0.25, 0.3) is 0 Å². The molecule has 11 heterocycles. The molecular formula is C101H85N11O6. The Hall–Kier alpha value is -15.2. The van der Waals surface area contributed by atoms with Crippen LogP contribution in [0.15, 0.2) is 329 Å². The Morgan fingerprint density at radius 3 is 0.881 bits per heavy atom. The van der Waals surface area contributed by atoms with Gasteiger partial charge in [0.05, 0.1) is 14.2 Å². The number of carbonyl (C=O) groups is 3. The number of carboxylic acids is 1. The Bertz CT molecular complexity index is 7100. The maximum absolute atomic E-state index is 12.8. The number of carboxylic acid groups (broad SMARTS) is 1. The fourth-order valence-electron chi connectivity index (χ4n) is 17.4. The highest BCUT2D eigenvalue weighted by atomic mass is 16.5. The smallest absolute Gasteiger partial charge is 0.317 e. The molecule has 0 saturated heterocycles. The summed E-state index contributed by atoms with van der Waals surface area (Å²) < 4.78 is 14.4. The largest absolute Gasteiger partial charge is 0.481 e. The molecule has 118 heavy (non-hydrogen) atoms. The summed E-state index contributed by atoms with van der Waals surface area (Å²) in [6, 6.07) is 90.3. The number of aliphatic carboxylic acids is 1. The zero-order valence-electron chi connectivity index (χ0n) is 65.4. The molecule has 11 aromatic carbocycles. The third-order valence-corrected chi connectivity index (χ3v) is 23.0. The van der Waals surface area contributed by atoms with Crippen molar-refractivity contribution in [2.24, 2.45) is 14.1 Å². The number of para-hydroxylation sites is 11. The van der Waals surface area contributed by atoms with E-state index < -0.39 is 23.7 Å². The van der Waals surface area contributed by atoms with Crippen LogP contribution in [0.1, 0.15) is 84.6 Å². The summed E-state index contributed by atoms with van der Waals surface area (Å²) in [4.78, 5) is 67.3. The Morgan fingerprint density at radius 1 is 0.288 bits per heavy atom. The lowest BCUT2D eigenvalue weighted by atomic mass is 9.91. The third-order valence-electron chi connectivity index (χ3n) is 23.0. The fraction of sp³-hybridized carbons (Fsp3) is 0.0990. The van der Waals surface area contributed by atoms with Crippen LogP contribution in [0.25, 0.3) is 120 Å². The molecule has 0 fully saturated rings. The monoisotopic (exact) mass is 1550 g/mol. The van der Waals surface area contributed by atoms with Gasteiger partial charge in [-0.25, -0.2) is 0 Å². The van der Waals surface area contributed by atoms with Crippen molar-refractivity contribution in [1.82, 2.24) is 54.0 Å². The van der Waals surface area contributed by atoms with Gasteiger partial charge in [-0.05, 0) is 128 Å². The quantitative estimate of drug-likeness (QED) is 0.0447. The molecule has 0 atom stereocenters. The van der Waals surface area contributed by atoms with Gasteiger partial charge >= 0.3 is 17.9 Å². The first kappa shape index (κ1) is 74.2. The average molecular weight is 1550 g/mol. The van der Waals surface area contributed by atoms with Crippen LogP contribution >= 0.6 is 0 Å². The number of fused-ring (bicyclic) bond motifs is 11. The zero-order chi connectivity index (χ0) is 80.3. The molecule has 17 nitrogen and oxygen atoms in total. The number of ether oxygens (including phenoxy) is 2. The van der Waals surface area contributed by atoms with Crippen molar-refractivity contribution < 1.29 is 29.0 Å². The molecule has 0 bridgehead atoms. The van der Waals surface area contributed by atoms with Crippen LogP contribution in [0.4, 0.5) is 0 Å². The van der Waals surface area contributed by atoms with E-state index in [1.807, 2.05) is 160 Å². The summed E-state index contributed by atoms with van der Waals surface area (Å²) in [5, 5.41) is 22.5. The molecular weight excluding hydrogens is 1460 g/mol. The van der Waals surface area contributed by atoms with Crippen molar-refractivity contribution in [1.29, 1.82) is 0 Å². The molecule has 0 saturated carbocycles. The second-order valence-electron chi connectivity index (χ2n) is 29.9. The maximum Gasteiger partial charge on any atom is 0.317 e. The number of hydrogen-bond acceptors (Lipinski definition) is 5. The van der Waals surface area contributed by atoms with Gasteiger partial charge in [-0.2, -0.15) is 0 Å². The summed E-state index contributed by atoms with van der Waals surface area (Å²) in [7, 11) is 6.89. The number of esters is 2. The molecule has 22 aromatic rings. The van der Waals surface area contributed by atoms with Crippen LogP contribution in [0.2, 0.25) is 0 Å². The Kier molecular flexibility index (Phi) is 20.3. The normalized spacial score (nSPS) is 11.5. The molecule has 0 radical (unpaired) electrons. The zero-order valence-corrected chi connectivity index (χ0v) is 65.4. The lowest BCUT2D eigenvalue weighted by Crippen LogP contribution is -2.15. The maximum atomic E-state index is 12.8. The predicted molar refractivity (Wildman–Crippen MR) is 476 cm³/mol. The minimum absolute atomic E-state index is 0.243. The first-order valence-corrected chi connectivity index (χ1v) is 39.4. The summed E-state index contributed by atoms with van der Waals surface area (Å²) >= 11 is 0. The molecule has 0 amide bonds. The van der Waals surface area contributed by atoms with E-state index in [1.54, 1.807) is 12.4 Å². The Labute approximate surface area is 677 Å². The van der Waals surface area contributed by atoms with Gasteiger partial charge in [-0.1, -0.05) is 200 Å². The van der Waals surface area contributed by atoms with Crippen molar-refractivity contribution in [2.45, 2.75) is 37.0 Å². The molecule has 0 unspecified atom stereocenters.